The first-order valence-electron chi connectivity index (χ1n) is 10.1. The second-order valence-electron chi connectivity index (χ2n) is 7.33. The number of thiophene rings is 1. The highest BCUT2D eigenvalue weighted by atomic mass is 32.1. The number of aromatic nitrogens is 2. The van der Waals surface area contributed by atoms with E-state index in [4.69, 9.17) is 5.26 Å². The van der Waals surface area contributed by atoms with Crippen LogP contribution in [0.25, 0.3) is 5.57 Å². The molecule has 158 valence electrons. The summed E-state index contributed by atoms with van der Waals surface area (Å²) in [5.74, 6) is -0.0221. The van der Waals surface area contributed by atoms with E-state index in [1.165, 1.54) is 16.2 Å². The van der Waals surface area contributed by atoms with Gasteiger partial charge in [-0.15, -0.1) is 11.3 Å². The van der Waals surface area contributed by atoms with Gasteiger partial charge in [-0.3, -0.25) is 9.59 Å². The van der Waals surface area contributed by atoms with Crippen LogP contribution < -0.4 is 9.80 Å². The average molecular weight is 443 g/mol. The number of benzene rings is 1. The van der Waals surface area contributed by atoms with Gasteiger partial charge in [0.15, 0.2) is 0 Å². The second-order valence-corrected chi connectivity index (χ2v) is 8.28. The zero-order chi connectivity index (χ0) is 22.1. The predicted octanol–water partition coefficient (Wildman–Crippen LogP) is 2.52. The maximum absolute atomic E-state index is 13.5. The number of carbonyl (C=O) groups excluding carboxylic acids is 2. The van der Waals surface area contributed by atoms with E-state index in [1.54, 1.807) is 42.7 Å². The first kappa shape index (κ1) is 19.9. The number of hydrogen-bond acceptors (Lipinski definition) is 8. The second kappa shape index (κ2) is 8.24. The molecule has 2 aliphatic rings. The van der Waals surface area contributed by atoms with Crippen molar-refractivity contribution in [1.82, 2.24) is 14.9 Å². The van der Waals surface area contributed by atoms with Gasteiger partial charge in [0, 0.05) is 43.4 Å². The Hall–Kier alpha value is -4.03. The van der Waals surface area contributed by atoms with Crippen LogP contribution in [0.15, 0.2) is 65.9 Å². The number of hydrogen-bond donors (Lipinski definition) is 0. The van der Waals surface area contributed by atoms with Crippen LogP contribution >= 0.6 is 11.3 Å². The summed E-state index contributed by atoms with van der Waals surface area (Å²) in [6, 6.07) is 14.1. The quantitative estimate of drug-likeness (QED) is 0.573. The Balaban J connectivity index is 1.46. The third kappa shape index (κ3) is 3.40. The van der Waals surface area contributed by atoms with E-state index in [2.05, 4.69) is 20.9 Å². The predicted molar refractivity (Wildman–Crippen MR) is 121 cm³/mol. The molecule has 8 nitrogen and oxygen atoms in total. The third-order valence-corrected chi connectivity index (χ3v) is 6.40. The minimum absolute atomic E-state index is 0.340. The van der Waals surface area contributed by atoms with Gasteiger partial charge in [0.1, 0.15) is 5.70 Å². The Bertz CT molecular complexity index is 1220. The van der Waals surface area contributed by atoms with Gasteiger partial charge in [0.25, 0.3) is 11.8 Å². The molecule has 0 saturated carbocycles. The number of imide groups is 1. The molecular weight excluding hydrogens is 424 g/mol. The summed E-state index contributed by atoms with van der Waals surface area (Å²) in [4.78, 5) is 41.6. The monoisotopic (exact) mass is 442 g/mol. The maximum atomic E-state index is 13.5. The van der Waals surface area contributed by atoms with Crippen molar-refractivity contribution >= 4 is 40.4 Å². The zero-order valence-electron chi connectivity index (χ0n) is 17.0. The molecule has 2 aliphatic heterocycles. The molecule has 0 unspecified atom stereocenters. The van der Waals surface area contributed by atoms with Crippen LogP contribution in [0.3, 0.4) is 0 Å². The highest BCUT2D eigenvalue weighted by Gasteiger charge is 2.43. The van der Waals surface area contributed by atoms with E-state index in [9.17, 15) is 9.59 Å². The molecule has 32 heavy (non-hydrogen) atoms. The fourth-order valence-corrected chi connectivity index (χ4v) is 4.72. The summed E-state index contributed by atoms with van der Waals surface area (Å²) in [5, 5.41) is 11.0. The molecule has 0 atom stereocenters. The lowest BCUT2D eigenvalue weighted by atomic mass is 10.1. The average Bonchev–Trinajstić information content (AvgIpc) is 3.46. The highest BCUT2D eigenvalue weighted by molar-refractivity contribution is 7.11. The Labute approximate surface area is 188 Å². The molecule has 2 amide bonds. The smallest absolute Gasteiger partial charge is 0.282 e. The van der Waals surface area contributed by atoms with E-state index < -0.39 is 0 Å². The van der Waals surface area contributed by atoms with E-state index in [0.29, 0.717) is 54.6 Å². The van der Waals surface area contributed by atoms with Crippen molar-refractivity contribution in [1.29, 1.82) is 5.26 Å². The molecule has 1 aromatic carbocycles. The van der Waals surface area contributed by atoms with Crippen LogP contribution in [-0.2, 0) is 9.59 Å². The molecule has 5 rings (SSSR count). The summed E-state index contributed by atoms with van der Waals surface area (Å²) >= 11 is 1.44. The minimum atomic E-state index is -0.342. The standard InChI is InChI=1S/C23H18N6O2S/c24-15-16-4-6-17(7-5-16)29-21(30)19(18-3-1-14-32-18)20(22(29)31)27-10-12-28(13-11-27)23-25-8-2-9-26-23/h1-9,14H,10-13H2. The fourth-order valence-electron chi connectivity index (χ4n) is 3.96. The molecule has 1 fully saturated rings. The zero-order valence-corrected chi connectivity index (χ0v) is 17.8. The number of carbonyl (C=O) groups is 2. The van der Waals surface area contributed by atoms with Crippen LogP contribution in [0.5, 0.6) is 0 Å². The lowest BCUT2D eigenvalue weighted by molar-refractivity contribution is -0.120. The molecule has 0 N–H and O–H groups in total. The maximum Gasteiger partial charge on any atom is 0.282 e. The number of anilines is 2. The number of rotatable bonds is 4. The summed E-state index contributed by atoms with van der Waals surface area (Å²) in [6.45, 7) is 2.43. The van der Waals surface area contributed by atoms with E-state index in [-0.39, 0.29) is 11.8 Å². The SMILES string of the molecule is N#Cc1ccc(N2C(=O)C(c3cccs3)=C(N3CCN(c4ncccn4)CC3)C2=O)cc1. The van der Waals surface area contributed by atoms with Gasteiger partial charge in [-0.05, 0) is 41.8 Å². The Morgan fingerprint density at radius 2 is 1.56 bits per heavy atom. The molecule has 0 radical (unpaired) electrons. The minimum Gasteiger partial charge on any atom is -0.363 e. The highest BCUT2D eigenvalue weighted by Crippen LogP contribution is 2.37. The molecule has 0 aliphatic carbocycles. The molecule has 4 heterocycles. The molecule has 1 saturated heterocycles. The molecule has 3 aromatic rings. The lowest BCUT2D eigenvalue weighted by Gasteiger charge is -2.36. The molecule has 0 bridgehead atoms. The summed E-state index contributed by atoms with van der Waals surface area (Å²) in [6.07, 6.45) is 3.42. The van der Waals surface area contributed by atoms with Crippen molar-refractivity contribution < 1.29 is 9.59 Å². The van der Waals surface area contributed by atoms with Crippen molar-refractivity contribution in [2.24, 2.45) is 0 Å². The van der Waals surface area contributed by atoms with Gasteiger partial charge < -0.3 is 9.80 Å². The van der Waals surface area contributed by atoms with Gasteiger partial charge in [-0.25, -0.2) is 14.9 Å². The Kier molecular flexibility index (Phi) is 5.13. The topological polar surface area (TPSA) is 93.4 Å². The summed E-state index contributed by atoms with van der Waals surface area (Å²) in [7, 11) is 0. The third-order valence-electron chi connectivity index (χ3n) is 5.51. The summed E-state index contributed by atoms with van der Waals surface area (Å²) in [5.41, 5.74) is 1.78. The normalized spacial score (nSPS) is 16.7. The van der Waals surface area contributed by atoms with Gasteiger partial charge in [0.2, 0.25) is 5.95 Å². The van der Waals surface area contributed by atoms with Crippen molar-refractivity contribution in [2.45, 2.75) is 0 Å². The van der Waals surface area contributed by atoms with Crippen molar-refractivity contribution in [2.75, 3.05) is 36.0 Å². The van der Waals surface area contributed by atoms with Crippen LogP contribution in [0.2, 0.25) is 0 Å². The number of nitriles is 1. The number of amides is 2. The Morgan fingerprint density at radius 3 is 2.19 bits per heavy atom. The fraction of sp³-hybridized carbons (Fsp3) is 0.174. The van der Waals surface area contributed by atoms with E-state index >= 15 is 0 Å². The van der Waals surface area contributed by atoms with E-state index in [0.717, 1.165) is 4.88 Å². The molecule has 9 heteroatoms. The van der Waals surface area contributed by atoms with Crippen molar-refractivity contribution in [3.8, 4) is 6.07 Å². The largest absolute Gasteiger partial charge is 0.363 e. The molecular formula is C23H18N6O2S. The lowest BCUT2D eigenvalue weighted by Crippen LogP contribution is -2.48. The Morgan fingerprint density at radius 1 is 0.875 bits per heavy atom. The van der Waals surface area contributed by atoms with Gasteiger partial charge in [-0.2, -0.15) is 5.26 Å². The first-order valence-corrected chi connectivity index (χ1v) is 11.0. The van der Waals surface area contributed by atoms with Crippen LogP contribution in [-0.4, -0.2) is 52.9 Å². The van der Waals surface area contributed by atoms with Gasteiger partial charge in [0.05, 0.1) is 22.9 Å². The van der Waals surface area contributed by atoms with Crippen molar-refractivity contribution in [3.63, 3.8) is 0 Å². The van der Waals surface area contributed by atoms with Gasteiger partial charge in [-0.1, -0.05) is 6.07 Å². The number of piperazine rings is 1. The van der Waals surface area contributed by atoms with Crippen LogP contribution in [0.1, 0.15) is 10.4 Å². The van der Waals surface area contributed by atoms with Crippen LogP contribution in [0, 0.1) is 11.3 Å². The summed E-state index contributed by atoms with van der Waals surface area (Å²) < 4.78 is 0. The molecule has 2 aromatic heterocycles. The first-order chi connectivity index (χ1) is 15.7. The van der Waals surface area contributed by atoms with Gasteiger partial charge >= 0.3 is 0 Å². The van der Waals surface area contributed by atoms with E-state index in [1.807, 2.05) is 22.4 Å². The van der Waals surface area contributed by atoms with Crippen LogP contribution in [0.4, 0.5) is 11.6 Å². The van der Waals surface area contributed by atoms with Crippen molar-refractivity contribution in [3.05, 3.63) is 76.4 Å². The molecule has 0 spiro atoms. The number of nitrogens with zero attached hydrogens (tertiary/aromatic N) is 6.